The molecule has 158 valence electrons. The Morgan fingerprint density at radius 1 is 1.14 bits per heavy atom. The van der Waals surface area contributed by atoms with Gasteiger partial charge in [0, 0.05) is 19.6 Å². The van der Waals surface area contributed by atoms with Crippen molar-refractivity contribution in [2.24, 2.45) is 29.1 Å². The fraction of sp³-hybridized carbons (Fsp3) is 0.625. The Morgan fingerprint density at radius 2 is 1.83 bits per heavy atom. The van der Waals surface area contributed by atoms with Crippen molar-refractivity contribution in [3.63, 3.8) is 0 Å². The molecule has 1 aliphatic heterocycles. The van der Waals surface area contributed by atoms with Gasteiger partial charge in [0.15, 0.2) is 0 Å². The number of carbonyl (C=O) groups excluding carboxylic acids is 1. The summed E-state index contributed by atoms with van der Waals surface area (Å²) in [6.45, 7) is 2.77. The van der Waals surface area contributed by atoms with Crippen LogP contribution in [0.2, 0.25) is 5.02 Å². The summed E-state index contributed by atoms with van der Waals surface area (Å²) in [7, 11) is 0. The zero-order valence-corrected chi connectivity index (χ0v) is 18.5. The number of nitrogens with one attached hydrogen (secondary N) is 2. The van der Waals surface area contributed by atoms with E-state index in [0.717, 1.165) is 43.8 Å². The molecule has 4 aliphatic carbocycles. The number of hydrogen-bond acceptors (Lipinski definition) is 2. The van der Waals surface area contributed by atoms with Crippen molar-refractivity contribution < 1.29 is 4.79 Å². The fourth-order valence-corrected chi connectivity index (χ4v) is 7.07. The Hall–Kier alpha value is -1.03. The Balaban J connectivity index is 0.00000205. The van der Waals surface area contributed by atoms with Gasteiger partial charge in [-0.25, -0.2) is 0 Å². The predicted molar refractivity (Wildman–Crippen MR) is 121 cm³/mol. The molecule has 4 fully saturated rings. The lowest BCUT2D eigenvalue weighted by Gasteiger charge is -2.56. The molecule has 2 N–H and O–H groups in total. The second-order valence-electron chi connectivity index (χ2n) is 9.97. The van der Waals surface area contributed by atoms with Crippen molar-refractivity contribution in [2.75, 3.05) is 19.6 Å². The van der Waals surface area contributed by atoms with Gasteiger partial charge in [-0.3, -0.25) is 4.79 Å². The van der Waals surface area contributed by atoms with E-state index in [9.17, 15) is 4.79 Å². The van der Waals surface area contributed by atoms with E-state index in [1.165, 1.54) is 44.1 Å². The van der Waals surface area contributed by atoms with Crippen molar-refractivity contribution in [3.8, 4) is 0 Å². The molecule has 5 aliphatic rings. The largest absolute Gasteiger partial charge is 0.351 e. The van der Waals surface area contributed by atoms with Crippen LogP contribution in [0.5, 0.6) is 0 Å². The lowest BCUT2D eigenvalue weighted by molar-refractivity contribution is -0.0503. The number of benzene rings is 1. The average molecular weight is 435 g/mol. The number of carbonyl (C=O) groups is 1. The van der Waals surface area contributed by atoms with Gasteiger partial charge in [0.25, 0.3) is 5.91 Å². The standard InChI is InChI=1S/C24H31ClN2O.ClH/c25-22-4-3-16(6-17-2-1-5-26-14-17)10-21(22)23(28)27-15-24-11-18-7-19(12-24)9-20(8-18)13-24;/h1-4,10,17-20,26H,5-9,11-15H2,(H,27,28);1H. The predicted octanol–water partition coefficient (Wildman–Crippen LogP) is 5.03. The number of amides is 1. The summed E-state index contributed by atoms with van der Waals surface area (Å²) in [6, 6.07) is 5.94. The molecule has 0 aromatic heterocycles. The Bertz CT molecular complexity index is 756. The van der Waals surface area contributed by atoms with Gasteiger partial charge in [-0.15, -0.1) is 12.4 Å². The van der Waals surface area contributed by atoms with Crippen LogP contribution < -0.4 is 10.6 Å². The molecule has 1 aromatic rings. The summed E-state index contributed by atoms with van der Waals surface area (Å²) in [4.78, 5) is 13.0. The van der Waals surface area contributed by atoms with Crippen molar-refractivity contribution in [3.05, 3.63) is 46.5 Å². The molecular weight excluding hydrogens is 403 g/mol. The van der Waals surface area contributed by atoms with E-state index in [0.29, 0.717) is 21.9 Å². The molecule has 1 heterocycles. The maximum absolute atomic E-state index is 13.0. The summed E-state index contributed by atoms with van der Waals surface area (Å²) in [5.74, 6) is 3.21. The van der Waals surface area contributed by atoms with Gasteiger partial charge in [0.05, 0.1) is 10.6 Å². The van der Waals surface area contributed by atoms with Gasteiger partial charge in [-0.05, 0) is 91.7 Å². The number of rotatable bonds is 5. The molecule has 0 spiro atoms. The topological polar surface area (TPSA) is 41.1 Å². The van der Waals surface area contributed by atoms with Crippen LogP contribution >= 0.6 is 24.0 Å². The molecule has 1 aromatic carbocycles. The third kappa shape index (κ3) is 4.52. The summed E-state index contributed by atoms with van der Waals surface area (Å²) in [6.07, 6.45) is 13.6. The Labute approximate surface area is 185 Å². The molecule has 4 saturated carbocycles. The highest BCUT2D eigenvalue weighted by Gasteiger charge is 2.50. The first kappa shape index (κ1) is 21.2. The van der Waals surface area contributed by atoms with Crippen LogP contribution in [0, 0.1) is 29.1 Å². The first-order valence-electron chi connectivity index (χ1n) is 11.0. The minimum atomic E-state index is -0.0000864. The minimum absolute atomic E-state index is 0. The smallest absolute Gasteiger partial charge is 0.252 e. The molecule has 1 atom stereocenters. The van der Waals surface area contributed by atoms with E-state index in [1.54, 1.807) is 0 Å². The van der Waals surface area contributed by atoms with E-state index in [2.05, 4.69) is 28.9 Å². The molecule has 5 heteroatoms. The van der Waals surface area contributed by atoms with E-state index >= 15 is 0 Å². The Morgan fingerprint density at radius 3 is 2.45 bits per heavy atom. The van der Waals surface area contributed by atoms with E-state index < -0.39 is 0 Å². The monoisotopic (exact) mass is 434 g/mol. The SMILES string of the molecule is Cl.O=C(NCC12CC3CC(CC(C3)C1)C2)c1cc(CC2C=CCNC2)ccc1Cl. The maximum atomic E-state index is 13.0. The van der Waals surface area contributed by atoms with Gasteiger partial charge in [0.1, 0.15) is 0 Å². The lowest BCUT2D eigenvalue weighted by Crippen LogP contribution is -2.51. The van der Waals surface area contributed by atoms with Crippen LogP contribution in [0.1, 0.15) is 54.4 Å². The quantitative estimate of drug-likeness (QED) is 0.638. The van der Waals surface area contributed by atoms with Crippen molar-refractivity contribution in [2.45, 2.75) is 44.9 Å². The molecule has 0 radical (unpaired) electrons. The average Bonchev–Trinajstić information content (AvgIpc) is 2.67. The van der Waals surface area contributed by atoms with E-state index in [4.69, 9.17) is 11.6 Å². The molecule has 1 amide bonds. The molecule has 3 nitrogen and oxygen atoms in total. The third-order valence-corrected chi connectivity index (χ3v) is 7.97. The van der Waals surface area contributed by atoms with Crippen LogP contribution in [0.4, 0.5) is 0 Å². The van der Waals surface area contributed by atoms with Gasteiger partial charge in [0.2, 0.25) is 0 Å². The van der Waals surface area contributed by atoms with Gasteiger partial charge < -0.3 is 10.6 Å². The van der Waals surface area contributed by atoms with E-state index in [1.807, 2.05) is 12.1 Å². The second kappa shape index (κ2) is 8.61. The molecular formula is C24H32Cl2N2O. The van der Waals surface area contributed by atoms with Crippen LogP contribution in [0.25, 0.3) is 0 Å². The third-order valence-electron chi connectivity index (χ3n) is 7.64. The highest BCUT2D eigenvalue weighted by molar-refractivity contribution is 6.33. The zero-order valence-electron chi connectivity index (χ0n) is 17.0. The molecule has 1 unspecified atom stereocenters. The summed E-state index contributed by atoms with van der Waals surface area (Å²) in [5.41, 5.74) is 2.17. The summed E-state index contributed by atoms with van der Waals surface area (Å²) in [5, 5.41) is 7.23. The van der Waals surface area contributed by atoms with Crippen molar-refractivity contribution in [1.29, 1.82) is 0 Å². The van der Waals surface area contributed by atoms with E-state index in [-0.39, 0.29) is 18.3 Å². The van der Waals surface area contributed by atoms with Crippen molar-refractivity contribution >= 4 is 29.9 Å². The van der Waals surface area contributed by atoms with Crippen LogP contribution in [0.15, 0.2) is 30.4 Å². The molecule has 6 rings (SSSR count). The fourth-order valence-electron chi connectivity index (χ4n) is 6.87. The first-order chi connectivity index (χ1) is 13.6. The summed E-state index contributed by atoms with van der Waals surface area (Å²) >= 11 is 6.40. The van der Waals surface area contributed by atoms with Crippen molar-refractivity contribution in [1.82, 2.24) is 10.6 Å². The van der Waals surface area contributed by atoms with Gasteiger partial charge >= 0.3 is 0 Å². The van der Waals surface area contributed by atoms with Crippen LogP contribution in [-0.2, 0) is 6.42 Å². The van der Waals surface area contributed by atoms with Crippen LogP contribution in [0.3, 0.4) is 0 Å². The first-order valence-corrected chi connectivity index (χ1v) is 11.4. The zero-order chi connectivity index (χ0) is 19.1. The van der Waals surface area contributed by atoms with Crippen LogP contribution in [-0.4, -0.2) is 25.5 Å². The highest BCUT2D eigenvalue weighted by Crippen LogP contribution is 2.59. The maximum Gasteiger partial charge on any atom is 0.252 e. The second-order valence-corrected chi connectivity index (χ2v) is 10.4. The highest BCUT2D eigenvalue weighted by atomic mass is 35.5. The molecule has 4 bridgehead atoms. The molecule has 29 heavy (non-hydrogen) atoms. The lowest BCUT2D eigenvalue weighted by atomic mass is 9.49. The minimum Gasteiger partial charge on any atom is -0.351 e. The Kier molecular flexibility index (Phi) is 6.30. The normalized spacial score (nSPS) is 34.7. The van der Waals surface area contributed by atoms with Gasteiger partial charge in [-0.2, -0.15) is 0 Å². The summed E-state index contributed by atoms with van der Waals surface area (Å²) < 4.78 is 0. The molecule has 0 saturated heterocycles. The number of hydrogen-bond donors (Lipinski definition) is 2. The van der Waals surface area contributed by atoms with Gasteiger partial charge in [-0.1, -0.05) is 29.8 Å². The number of halogens is 2.